The maximum atomic E-state index is 13.6. The van der Waals surface area contributed by atoms with E-state index in [0.29, 0.717) is 0 Å². The lowest BCUT2D eigenvalue weighted by atomic mass is 10.1. The topological polar surface area (TPSA) is 75.7 Å². The van der Waals surface area contributed by atoms with Crippen LogP contribution in [0.1, 0.15) is 29.8 Å². The third-order valence-electron chi connectivity index (χ3n) is 2.98. The van der Waals surface area contributed by atoms with Crippen LogP contribution in [-0.4, -0.2) is 17.7 Å². The van der Waals surface area contributed by atoms with Gasteiger partial charge in [0.15, 0.2) is 17.2 Å². The summed E-state index contributed by atoms with van der Waals surface area (Å²) in [4.78, 5) is 22.6. The minimum atomic E-state index is -1.52. The average molecular weight is 341 g/mol. The number of aromatic carboxylic acids is 1. The Morgan fingerprint density at radius 1 is 1.12 bits per heavy atom. The predicted molar refractivity (Wildman–Crippen MR) is 85.2 cm³/mol. The van der Waals surface area contributed by atoms with E-state index in [1.807, 2.05) is 18.2 Å². The number of ether oxygens (including phenoxy) is 2. The lowest BCUT2D eigenvalue weighted by Gasteiger charge is -2.18. The van der Waals surface area contributed by atoms with Crippen LogP contribution in [0.5, 0.6) is 5.75 Å². The smallest absolute Gasteiger partial charge is 0.515 e. The average Bonchev–Trinajstić information content (AvgIpc) is 2.55. The van der Waals surface area contributed by atoms with E-state index in [0.717, 1.165) is 23.8 Å². The molecule has 0 aliphatic rings. The summed E-state index contributed by atoms with van der Waals surface area (Å²) in [5.74, 6) is 2.61. The number of hydrogen-bond acceptors (Lipinski definition) is 5. The maximum absolute atomic E-state index is 13.6. The van der Waals surface area contributed by atoms with Crippen molar-refractivity contribution in [2.75, 3.05) is 0 Å². The summed E-state index contributed by atoms with van der Waals surface area (Å²) in [6, 6.07) is 11.8. The van der Waals surface area contributed by atoms with E-state index in [-0.39, 0.29) is 5.56 Å². The molecule has 2 aromatic carbocycles. The Labute approximate surface area is 144 Å². The predicted octanol–water partition coefficient (Wildman–Crippen LogP) is 2.53. The largest absolute Gasteiger partial charge is 0.545 e. The van der Waals surface area contributed by atoms with Crippen LogP contribution in [0, 0.1) is 17.7 Å². The molecule has 0 amide bonds. The van der Waals surface area contributed by atoms with Crippen molar-refractivity contribution in [3.05, 3.63) is 65.5 Å². The van der Waals surface area contributed by atoms with Gasteiger partial charge in [-0.15, -0.1) is 0 Å². The second kappa shape index (κ2) is 7.49. The van der Waals surface area contributed by atoms with Crippen LogP contribution in [0.2, 0.25) is 0 Å². The molecule has 128 valence electrons. The lowest BCUT2D eigenvalue weighted by Crippen LogP contribution is -2.28. The van der Waals surface area contributed by atoms with Crippen molar-refractivity contribution in [1.82, 2.24) is 0 Å². The Balaban J connectivity index is 2.08. The zero-order valence-electron chi connectivity index (χ0n) is 13.5. The normalized spacial score (nSPS) is 10.4. The molecule has 2 rings (SSSR count). The molecule has 0 saturated heterocycles. The number of carboxylic acid groups (broad SMARTS) is 1. The van der Waals surface area contributed by atoms with Gasteiger partial charge in [0.25, 0.3) is 0 Å². The number of rotatable bonds is 3. The molecule has 0 unspecified atom stereocenters. The van der Waals surface area contributed by atoms with Crippen molar-refractivity contribution < 1.29 is 28.6 Å². The van der Waals surface area contributed by atoms with Gasteiger partial charge in [-0.3, -0.25) is 0 Å². The highest BCUT2D eigenvalue weighted by atomic mass is 19.1. The van der Waals surface area contributed by atoms with Crippen molar-refractivity contribution in [3.8, 4) is 17.6 Å². The van der Waals surface area contributed by atoms with Crippen LogP contribution < -0.4 is 9.84 Å². The van der Waals surface area contributed by atoms with Crippen LogP contribution in [0.4, 0.5) is 9.18 Å². The monoisotopic (exact) mass is 341 g/mol. The van der Waals surface area contributed by atoms with E-state index >= 15 is 0 Å². The van der Waals surface area contributed by atoms with Gasteiger partial charge >= 0.3 is 6.16 Å². The molecule has 0 N–H and O–H groups in total. The fourth-order valence-electron chi connectivity index (χ4n) is 1.80. The summed E-state index contributed by atoms with van der Waals surface area (Å²) in [6.45, 7) is 3.08. The first kappa shape index (κ1) is 18.0. The summed E-state index contributed by atoms with van der Waals surface area (Å²) < 4.78 is 23.4. The van der Waals surface area contributed by atoms with Crippen molar-refractivity contribution in [2.24, 2.45) is 0 Å². The Bertz CT molecular complexity index is 847. The minimum absolute atomic E-state index is 0.327. The Kier molecular flexibility index (Phi) is 5.40. The molecule has 0 radical (unpaired) electrons. The molecule has 0 fully saturated rings. The Morgan fingerprint density at radius 2 is 1.80 bits per heavy atom. The minimum Gasteiger partial charge on any atom is -0.545 e. The number of benzene rings is 2. The van der Waals surface area contributed by atoms with Gasteiger partial charge in [0.05, 0.1) is 5.97 Å². The van der Waals surface area contributed by atoms with E-state index in [2.05, 4.69) is 11.8 Å². The van der Waals surface area contributed by atoms with Gasteiger partial charge in [0, 0.05) is 11.1 Å². The van der Waals surface area contributed by atoms with Crippen molar-refractivity contribution in [1.29, 1.82) is 0 Å². The first-order chi connectivity index (χ1) is 11.8. The molecule has 0 saturated carbocycles. The molecule has 0 heterocycles. The van der Waals surface area contributed by atoms with Crippen LogP contribution in [0.25, 0.3) is 0 Å². The molecule has 0 aromatic heterocycles. The number of carboxylic acids is 1. The van der Waals surface area contributed by atoms with E-state index in [1.54, 1.807) is 12.1 Å². The van der Waals surface area contributed by atoms with Crippen molar-refractivity contribution in [3.63, 3.8) is 0 Å². The summed E-state index contributed by atoms with van der Waals surface area (Å²) in [5, 5.41) is 10.8. The van der Waals surface area contributed by atoms with Crippen LogP contribution in [0.3, 0.4) is 0 Å². The van der Waals surface area contributed by atoms with Gasteiger partial charge in [-0.25, -0.2) is 9.18 Å². The SMILES string of the molecule is CC(C)(C#Cc1ccccc1)OC(=O)Oc1cc(C(=O)[O-])ccc1F. The van der Waals surface area contributed by atoms with Gasteiger partial charge < -0.3 is 19.4 Å². The summed E-state index contributed by atoms with van der Waals surface area (Å²) in [7, 11) is 0. The molecule has 2 aromatic rings. The number of halogens is 1. The highest BCUT2D eigenvalue weighted by Gasteiger charge is 2.22. The number of hydrogen-bond donors (Lipinski definition) is 0. The maximum Gasteiger partial charge on any atom is 0.515 e. The van der Waals surface area contributed by atoms with Crippen molar-refractivity contribution >= 4 is 12.1 Å². The molecule has 0 aliphatic heterocycles. The van der Waals surface area contributed by atoms with E-state index in [9.17, 15) is 19.1 Å². The molecular weight excluding hydrogens is 327 g/mol. The molecule has 0 atom stereocenters. The van der Waals surface area contributed by atoms with Crippen LogP contribution >= 0.6 is 0 Å². The van der Waals surface area contributed by atoms with Crippen LogP contribution in [-0.2, 0) is 4.74 Å². The van der Waals surface area contributed by atoms with Gasteiger partial charge in [0.2, 0.25) is 0 Å². The highest BCUT2D eigenvalue weighted by Crippen LogP contribution is 2.20. The van der Waals surface area contributed by atoms with Gasteiger partial charge in [-0.1, -0.05) is 30.0 Å². The molecule has 5 nitrogen and oxygen atoms in total. The van der Waals surface area contributed by atoms with Gasteiger partial charge in [-0.05, 0) is 44.2 Å². The molecule has 0 bridgehead atoms. The molecule has 0 aliphatic carbocycles. The number of carbonyl (C=O) groups is 2. The number of carbonyl (C=O) groups excluding carboxylic acids is 2. The molecule has 0 spiro atoms. The first-order valence-electron chi connectivity index (χ1n) is 7.27. The summed E-state index contributed by atoms with van der Waals surface area (Å²) >= 11 is 0. The molecule has 25 heavy (non-hydrogen) atoms. The highest BCUT2D eigenvalue weighted by molar-refractivity contribution is 5.86. The van der Waals surface area contributed by atoms with Gasteiger partial charge in [0.1, 0.15) is 0 Å². The fourth-order valence-corrected chi connectivity index (χ4v) is 1.80. The van der Waals surface area contributed by atoms with Gasteiger partial charge in [-0.2, -0.15) is 0 Å². The second-order valence-electron chi connectivity index (χ2n) is 5.51. The van der Waals surface area contributed by atoms with Crippen LogP contribution in [0.15, 0.2) is 48.5 Å². The molecular formula is C19H14FO5-. The quantitative estimate of drug-likeness (QED) is 0.487. The summed E-state index contributed by atoms with van der Waals surface area (Å²) in [6.07, 6.45) is -1.21. The van der Waals surface area contributed by atoms with E-state index in [1.165, 1.54) is 13.8 Å². The first-order valence-corrected chi connectivity index (χ1v) is 7.27. The zero-order valence-corrected chi connectivity index (χ0v) is 13.5. The third kappa shape index (κ3) is 5.36. The van der Waals surface area contributed by atoms with Crippen molar-refractivity contribution in [2.45, 2.75) is 19.4 Å². The second-order valence-corrected chi connectivity index (χ2v) is 5.51. The Morgan fingerprint density at radius 3 is 2.44 bits per heavy atom. The summed E-state index contributed by atoms with van der Waals surface area (Å²) in [5.41, 5.74) is -0.789. The standard InChI is InChI=1S/C19H15FO5/c1-19(2,11-10-13-6-4-3-5-7-13)25-18(23)24-16-12-14(17(21)22)8-9-15(16)20/h3-9,12H,1-2H3,(H,21,22)/p-1. The Hall–Kier alpha value is -3.33. The fraction of sp³-hybridized carbons (Fsp3) is 0.158. The third-order valence-corrected chi connectivity index (χ3v) is 2.98. The lowest BCUT2D eigenvalue weighted by molar-refractivity contribution is -0.255. The molecule has 6 heteroatoms. The zero-order chi connectivity index (χ0) is 18.4. The van der Waals surface area contributed by atoms with E-state index in [4.69, 9.17) is 9.47 Å². The van der Waals surface area contributed by atoms with E-state index < -0.39 is 29.3 Å².